The van der Waals surface area contributed by atoms with Crippen LogP contribution in [-0.4, -0.2) is 45.3 Å². The standard InChI is InChI=1S/C17H30ClN2/c1-5-6-7-8-13-20(3,4)14-12-19(2)17-11-9-10-16(18)15-17/h9-11,15H,5-8,12-14H2,1-4H3/q+1. The smallest absolute Gasteiger partial charge is 0.0960 e. The van der Waals surface area contributed by atoms with E-state index >= 15 is 0 Å². The van der Waals surface area contributed by atoms with E-state index in [1.807, 2.05) is 18.2 Å². The number of nitrogens with zero attached hydrogens (tertiary/aromatic N) is 2. The van der Waals surface area contributed by atoms with Gasteiger partial charge in [-0.25, -0.2) is 0 Å². The maximum Gasteiger partial charge on any atom is 0.0960 e. The van der Waals surface area contributed by atoms with E-state index in [9.17, 15) is 0 Å². The molecule has 114 valence electrons. The fraction of sp³-hybridized carbons (Fsp3) is 0.647. The highest BCUT2D eigenvalue weighted by atomic mass is 35.5. The van der Waals surface area contributed by atoms with Gasteiger partial charge in [0.25, 0.3) is 0 Å². The number of unbranched alkanes of at least 4 members (excludes halogenated alkanes) is 3. The van der Waals surface area contributed by atoms with Crippen LogP contribution in [0.15, 0.2) is 24.3 Å². The first kappa shape index (κ1) is 17.3. The van der Waals surface area contributed by atoms with E-state index in [0.717, 1.165) is 22.6 Å². The first-order valence-corrected chi connectivity index (χ1v) is 8.11. The zero-order valence-corrected chi connectivity index (χ0v) is 14.3. The van der Waals surface area contributed by atoms with Crippen LogP contribution in [0.3, 0.4) is 0 Å². The molecule has 0 heterocycles. The predicted molar refractivity (Wildman–Crippen MR) is 90.7 cm³/mol. The molecule has 0 saturated heterocycles. The molecular formula is C17H30ClN2+. The Bertz CT molecular complexity index is 390. The lowest BCUT2D eigenvalue weighted by molar-refractivity contribution is -0.889. The van der Waals surface area contributed by atoms with Crippen LogP contribution < -0.4 is 4.90 Å². The van der Waals surface area contributed by atoms with Gasteiger partial charge in [-0.15, -0.1) is 0 Å². The van der Waals surface area contributed by atoms with Gasteiger partial charge in [0, 0.05) is 17.8 Å². The lowest BCUT2D eigenvalue weighted by Gasteiger charge is -2.32. The van der Waals surface area contributed by atoms with Crippen molar-refractivity contribution in [2.75, 3.05) is 45.7 Å². The van der Waals surface area contributed by atoms with Crippen molar-refractivity contribution < 1.29 is 4.48 Å². The van der Waals surface area contributed by atoms with Crippen molar-refractivity contribution in [3.8, 4) is 0 Å². The van der Waals surface area contributed by atoms with Gasteiger partial charge in [0.2, 0.25) is 0 Å². The molecule has 1 rings (SSSR count). The highest BCUT2D eigenvalue weighted by Gasteiger charge is 2.15. The van der Waals surface area contributed by atoms with Crippen LogP contribution in [0, 0.1) is 0 Å². The van der Waals surface area contributed by atoms with E-state index in [0.29, 0.717) is 0 Å². The summed E-state index contributed by atoms with van der Waals surface area (Å²) in [5.41, 5.74) is 1.20. The first-order valence-electron chi connectivity index (χ1n) is 7.73. The van der Waals surface area contributed by atoms with Crippen LogP contribution in [0.25, 0.3) is 0 Å². The summed E-state index contributed by atoms with van der Waals surface area (Å²) in [6, 6.07) is 8.08. The molecule has 2 nitrogen and oxygen atoms in total. The SMILES string of the molecule is CCCCCC[N+](C)(C)CCN(C)c1cccc(Cl)c1. The molecule has 0 fully saturated rings. The first-order chi connectivity index (χ1) is 9.44. The molecule has 0 aromatic heterocycles. The summed E-state index contributed by atoms with van der Waals surface area (Å²) >= 11 is 6.05. The van der Waals surface area contributed by atoms with Gasteiger partial charge in [-0.2, -0.15) is 0 Å². The molecule has 0 aliphatic rings. The summed E-state index contributed by atoms with van der Waals surface area (Å²) in [6.07, 6.45) is 5.37. The molecular weight excluding hydrogens is 268 g/mol. The Morgan fingerprint density at radius 3 is 2.50 bits per heavy atom. The Hall–Kier alpha value is -0.730. The number of hydrogen-bond donors (Lipinski definition) is 0. The minimum absolute atomic E-state index is 0.808. The quantitative estimate of drug-likeness (QED) is 0.481. The van der Waals surface area contributed by atoms with Gasteiger partial charge >= 0.3 is 0 Å². The van der Waals surface area contributed by atoms with Crippen LogP contribution >= 0.6 is 11.6 Å². The Balaban J connectivity index is 2.37. The monoisotopic (exact) mass is 297 g/mol. The third-order valence-electron chi connectivity index (χ3n) is 3.91. The molecule has 0 aliphatic heterocycles. The van der Waals surface area contributed by atoms with Gasteiger partial charge in [-0.1, -0.05) is 37.4 Å². The van der Waals surface area contributed by atoms with Crippen LogP contribution in [0.1, 0.15) is 32.6 Å². The van der Waals surface area contributed by atoms with Crippen molar-refractivity contribution in [1.29, 1.82) is 0 Å². The molecule has 0 aliphatic carbocycles. The lowest BCUT2D eigenvalue weighted by atomic mass is 10.2. The van der Waals surface area contributed by atoms with Gasteiger partial charge in [0.15, 0.2) is 0 Å². The van der Waals surface area contributed by atoms with Gasteiger partial charge < -0.3 is 9.38 Å². The minimum Gasteiger partial charge on any atom is -0.369 e. The fourth-order valence-electron chi connectivity index (χ4n) is 2.34. The Kier molecular flexibility index (Phi) is 7.39. The van der Waals surface area contributed by atoms with Crippen LogP contribution in [0.2, 0.25) is 5.02 Å². The van der Waals surface area contributed by atoms with E-state index in [-0.39, 0.29) is 0 Å². The highest BCUT2D eigenvalue weighted by Crippen LogP contribution is 2.18. The third kappa shape index (κ3) is 6.62. The second-order valence-corrected chi connectivity index (χ2v) is 6.78. The average molecular weight is 298 g/mol. The molecule has 0 N–H and O–H groups in total. The van der Waals surface area contributed by atoms with Crippen LogP contribution in [-0.2, 0) is 0 Å². The van der Waals surface area contributed by atoms with Crippen molar-refractivity contribution in [2.24, 2.45) is 0 Å². The van der Waals surface area contributed by atoms with E-state index in [4.69, 9.17) is 11.6 Å². The molecule has 0 amide bonds. The molecule has 0 unspecified atom stereocenters. The molecule has 20 heavy (non-hydrogen) atoms. The molecule has 1 aromatic rings. The van der Waals surface area contributed by atoms with Crippen molar-refractivity contribution in [3.63, 3.8) is 0 Å². The number of hydrogen-bond acceptors (Lipinski definition) is 1. The number of anilines is 1. The van der Waals surface area contributed by atoms with E-state index in [1.165, 1.54) is 37.9 Å². The largest absolute Gasteiger partial charge is 0.369 e. The maximum atomic E-state index is 6.05. The zero-order valence-electron chi connectivity index (χ0n) is 13.5. The fourth-order valence-corrected chi connectivity index (χ4v) is 2.53. The number of rotatable bonds is 9. The van der Waals surface area contributed by atoms with Gasteiger partial charge in [-0.05, 0) is 31.0 Å². The average Bonchev–Trinajstić information content (AvgIpc) is 2.41. The molecule has 0 atom stereocenters. The number of likely N-dealkylation sites (N-methyl/N-ethyl adjacent to an activating group) is 2. The normalized spacial score (nSPS) is 11.7. The zero-order chi connectivity index (χ0) is 15.0. The van der Waals surface area contributed by atoms with E-state index in [1.54, 1.807) is 0 Å². The van der Waals surface area contributed by atoms with Crippen molar-refractivity contribution in [3.05, 3.63) is 29.3 Å². The molecule has 0 bridgehead atoms. The predicted octanol–water partition coefficient (Wildman–Crippen LogP) is 4.43. The van der Waals surface area contributed by atoms with Crippen molar-refractivity contribution in [1.82, 2.24) is 0 Å². The van der Waals surface area contributed by atoms with Crippen LogP contribution in [0.4, 0.5) is 5.69 Å². The van der Waals surface area contributed by atoms with Gasteiger partial charge in [0.1, 0.15) is 0 Å². The topological polar surface area (TPSA) is 3.24 Å². The Labute approximate surface area is 129 Å². The van der Waals surface area contributed by atoms with Crippen molar-refractivity contribution >= 4 is 17.3 Å². The minimum atomic E-state index is 0.808. The molecule has 0 saturated carbocycles. The summed E-state index contributed by atoms with van der Waals surface area (Å²) in [5, 5.41) is 0.808. The van der Waals surface area contributed by atoms with Gasteiger partial charge in [-0.3, -0.25) is 0 Å². The lowest BCUT2D eigenvalue weighted by Crippen LogP contribution is -2.45. The summed E-state index contributed by atoms with van der Waals surface area (Å²) < 4.78 is 1.09. The second-order valence-electron chi connectivity index (χ2n) is 6.35. The summed E-state index contributed by atoms with van der Waals surface area (Å²) in [5.74, 6) is 0. The van der Waals surface area contributed by atoms with Crippen molar-refractivity contribution in [2.45, 2.75) is 32.6 Å². The van der Waals surface area contributed by atoms with E-state index < -0.39 is 0 Å². The molecule has 0 spiro atoms. The molecule has 0 radical (unpaired) electrons. The summed E-state index contributed by atoms with van der Waals surface area (Å²) in [7, 11) is 6.80. The summed E-state index contributed by atoms with van der Waals surface area (Å²) in [4.78, 5) is 2.29. The highest BCUT2D eigenvalue weighted by molar-refractivity contribution is 6.30. The van der Waals surface area contributed by atoms with E-state index in [2.05, 4.69) is 39.0 Å². The van der Waals surface area contributed by atoms with Crippen LogP contribution in [0.5, 0.6) is 0 Å². The third-order valence-corrected chi connectivity index (χ3v) is 4.14. The Morgan fingerprint density at radius 1 is 1.10 bits per heavy atom. The number of halogens is 1. The number of benzene rings is 1. The molecule has 1 aromatic carbocycles. The van der Waals surface area contributed by atoms with Gasteiger partial charge in [0.05, 0.1) is 33.7 Å². The second kappa shape index (κ2) is 8.53. The maximum absolute atomic E-state index is 6.05. The Morgan fingerprint density at radius 2 is 1.85 bits per heavy atom. The molecule has 3 heteroatoms. The summed E-state index contributed by atoms with van der Waals surface area (Å²) in [6.45, 7) is 5.75. The number of quaternary nitrogens is 1.